The Morgan fingerprint density at radius 3 is 2.73 bits per heavy atom. The second-order valence-corrected chi connectivity index (χ2v) is 9.54. The van der Waals surface area contributed by atoms with Gasteiger partial charge in [0.15, 0.2) is 0 Å². The topological polar surface area (TPSA) is 75.8 Å². The highest BCUT2D eigenvalue weighted by molar-refractivity contribution is 6.29. The van der Waals surface area contributed by atoms with Crippen LogP contribution in [0.25, 0.3) is 5.69 Å². The van der Waals surface area contributed by atoms with Gasteiger partial charge in [0.2, 0.25) is 5.96 Å². The first-order valence-corrected chi connectivity index (χ1v) is 12.9. The summed E-state index contributed by atoms with van der Waals surface area (Å²) < 4.78 is 7.80. The fraction of sp³-hybridized carbons (Fsp3) is 0.276. The van der Waals surface area contributed by atoms with Gasteiger partial charge in [0, 0.05) is 36.3 Å². The minimum atomic E-state index is 0.123. The molecule has 5 rings (SSSR count). The number of hydrogen-bond donors (Lipinski definition) is 2. The number of nitrogens with zero attached hydrogens (tertiary/aromatic N) is 4. The summed E-state index contributed by atoms with van der Waals surface area (Å²) in [7, 11) is 0. The molecule has 2 aromatic carbocycles. The summed E-state index contributed by atoms with van der Waals surface area (Å²) >= 11 is 6.04. The number of aliphatic imine (C=N–C) groups is 2. The molecule has 1 aliphatic heterocycles. The number of halogens is 1. The molecule has 1 saturated carbocycles. The molecule has 7 nitrogen and oxygen atoms in total. The molecule has 2 aliphatic rings. The van der Waals surface area contributed by atoms with E-state index in [0.717, 1.165) is 36.5 Å². The van der Waals surface area contributed by atoms with Gasteiger partial charge in [-0.15, -0.1) is 6.58 Å². The van der Waals surface area contributed by atoms with Crippen molar-refractivity contribution in [2.24, 2.45) is 15.9 Å². The van der Waals surface area contributed by atoms with E-state index in [1.807, 2.05) is 28.8 Å². The van der Waals surface area contributed by atoms with Crippen molar-refractivity contribution in [3.05, 3.63) is 97.1 Å². The maximum Gasteiger partial charge on any atom is 0.201 e. The van der Waals surface area contributed by atoms with Crippen LogP contribution in [0.5, 0.6) is 5.75 Å². The van der Waals surface area contributed by atoms with Gasteiger partial charge in [0.05, 0.1) is 11.7 Å². The lowest BCUT2D eigenvalue weighted by Crippen LogP contribution is -2.48. The normalized spacial score (nSPS) is 21.6. The monoisotopic (exact) mass is 514 g/mol. The predicted octanol–water partition coefficient (Wildman–Crippen LogP) is 6.00. The molecule has 8 heteroatoms. The number of amidine groups is 1. The van der Waals surface area contributed by atoms with E-state index in [0.29, 0.717) is 35.9 Å². The summed E-state index contributed by atoms with van der Waals surface area (Å²) in [6.07, 6.45) is 10.0. The van der Waals surface area contributed by atoms with Gasteiger partial charge in [0.25, 0.3) is 0 Å². The van der Waals surface area contributed by atoms with Gasteiger partial charge in [-0.1, -0.05) is 60.7 Å². The van der Waals surface area contributed by atoms with Gasteiger partial charge >= 0.3 is 0 Å². The zero-order valence-electron chi connectivity index (χ0n) is 20.7. The molecule has 2 N–H and O–H groups in total. The molecule has 1 aliphatic carbocycles. The van der Waals surface area contributed by atoms with Crippen molar-refractivity contribution < 1.29 is 4.74 Å². The third-order valence-electron chi connectivity index (χ3n) is 6.74. The van der Waals surface area contributed by atoms with Crippen molar-refractivity contribution in [2.75, 3.05) is 18.5 Å². The van der Waals surface area contributed by atoms with E-state index in [9.17, 15) is 0 Å². The van der Waals surface area contributed by atoms with Crippen LogP contribution in [0.15, 0.2) is 96.3 Å². The fourth-order valence-corrected chi connectivity index (χ4v) is 5.20. The Balaban J connectivity index is 1.45. The summed E-state index contributed by atoms with van der Waals surface area (Å²) in [4.78, 5) is 14.2. The number of hydrogen-bond acceptors (Lipinski definition) is 5. The van der Waals surface area contributed by atoms with Gasteiger partial charge < -0.3 is 19.9 Å². The number of nitrogens with one attached hydrogen (secondary N) is 2. The largest absolute Gasteiger partial charge is 0.487 e. The molecule has 0 saturated heterocycles. The average molecular weight is 515 g/mol. The van der Waals surface area contributed by atoms with Crippen molar-refractivity contribution in [1.29, 1.82) is 0 Å². The Hall–Kier alpha value is -3.84. The van der Waals surface area contributed by atoms with E-state index in [2.05, 4.69) is 59.1 Å². The molecule has 1 aromatic heterocycles. The number of benzene rings is 2. The van der Waals surface area contributed by atoms with Crippen LogP contribution < -0.4 is 15.4 Å². The molecule has 3 unspecified atom stereocenters. The van der Waals surface area contributed by atoms with E-state index < -0.39 is 0 Å². The van der Waals surface area contributed by atoms with Crippen molar-refractivity contribution in [1.82, 2.24) is 14.9 Å². The minimum absolute atomic E-state index is 0.123. The lowest BCUT2D eigenvalue weighted by Gasteiger charge is -2.30. The summed E-state index contributed by atoms with van der Waals surface area (Å²) in [5.41, 5.74) is 3.00. The zero-order valence-corrected chi connectivity index (χ0v) is 21.4. The van der Waals surface area contributed by atoms with Gasteiger partial charge in [0.1, 0.15) is 29.7 Å². The quantitative estimate of drug-likeness (QED) is 0.271. The second kappa shape index (κ2) is 11.5. The predicted molar refractivity (Wildman–Crippen MR) is 151 cm³/mol. The minimum Gasteiger partial charge on any atom is -0.487 e. The van der Waals surface area contributed by atoms with Crippen LogP contribution in [0.2, 0.25) is 5.15 Å². The van der Waals surface area contributed by atoms with Crippen LogP contribution in [0.3, 0.4) is 0 Å². The molecule has 37 heavy (non-hydrogen) atoms. The molecule has 0 radical (unpaired) electrons. The standard InChI is InChI=1S/C29H31ClN6O/c1-3-5-15-31-28-23-13-12-22(20-9-7-6-8-10-20)27(23)34-29(35-28)33-21-11-14-24(25(17-21)37-16-4-2)36-18-26(30)32-19-36/h3-4,6-11,14,17-19,22-23,27H,1-2,5,12-13,15-16H2,(H2,31,33,34,35). The van der Waals surface area contributed by atoms with E-state index in [-0.39, 0.29) is 12.0 Å². The maximum atomic E-state index is 6.04. The van der Waals surface area contributed by atoms with Crippen LogP contribution in [0.1, 0.15) is 30.7 Å². The van der Waals surface area contributed by atoms with E-state index in [1.165, 1.54) is 5.56 Å². The highest BCUT2D eigenvalue weighted by Crippen LogP contribution is 2.42. The summed E-state index contributed by atoms with van der Waals surface area (Å²) in [6, 6.07) is 16.7. The maximum absolute atomic E-state index is 6.04. The second-order valence-electron chi connectivity index (χ2n) is 9.15. The van der Waals surface area contributed by atoms with Crippen LogP contribution in [-0.2, 0) is 0 Å². The number of guanidine groups is 1. The van der Waals surface area contributed by atoms with Crippen LogP contribution >= 0.6 is 11.6 Å². The molecule has 1 fully saturated rings. The zero-order chi connectivity index (χ0) is 25.6. The van der Waals surface area contributed by atoms with Crippen LogP contribution in [0.4, 0.5) is 5.69 Å². The van der Waals surface area contributed by atoms with E-state index in [4.69, 9.17) is 26.3 Å². The molecule has 190 valence electrons. The molecular formula is C29H31ClN6O. The summed E-state index contributed by atoms with van der Waals surface area (Å²) in [6.45, 7) is 8.69. The van der Waals surface area contributed by atoms with Crippen molar-refractivity contribution >= 4 is 29.1 Å². The SMILES string of the molecule is C=CCCN=C1NC(Nc2ccc(-n3cnc(Cl)c3)c(OCC=C)c2)=NC2C1CCC2c1ccccc1. The lowest BCUT2D eigenvalue weighted by atomic mass is 9.90. The van der Waals surface area contributed by atoms with Crippen molar-refractivity contribution in [3.63, 3.8) is 0 Å². The lowest BCUT2D eigenvalue weighted by molar-refractivity contribution is 0.362. The van der Waals surface area contributed by atoms with E-state index in [1.54, 1.807) is 18.6 Å². The highest BCUT2D eigenvalue weighted by atomic mass is 35.5. The molecule has 3 atom stereocenters. The van der Waals surface area contributed by atoms with Crippen LogP contribution in [-0.4, -0.2) is 40.5 Å². The van der Waals surface area contributed by atoms with E-state index >= 15 is 0 Å². The van der Waals surface area contributed by atoms with Gasteiger partial charge in [-0.05, 0) is 37.0 Å². The number of anilines is 1. The molecule has 0 spiro atoms. The third-order valence-corrected chi connectivity index (χ3v) is 6.94. The fourth-order valence-electron chi connectivity index (χ4n) is 5.05. The number of imidazole rings is 1. The number of rotatable bonds is 9. The van der Waals surface area contributed by atoms with Gasteiger partial charge in [-0.25, -0.2) is 9.98 Å². The number of ether oxygens (including phenoxy) is 1. The first kappa shape index (κ1) is 24.8. The summed E-state index contributed by atoms with van der Waals surface area (Å²) in [5, 5.41) is 7.37. The van der Waals surface area contributed by atoms with Crippen LogP contribution in [0, 0.1) is 5.92 Å². The molecule has 0 bridgehead atoms. The molecular weight excluding hydrogens is 484 g/mol. The molecule has 0 amide bonds. The molecule has 2 heterocycles. The Morgan fingerprint density at radius 1 is 1.14 bits per heavy atom. The molecule has 3 aromatic rings. The first-order valence-electron chi connectivity index (χ1n) is 12.6. The number of aromatic nitrogens is 2. The highest BCUT2D eigenvalue weighted by Gasteiger charge is 2.42. The van der Waals surface area contributed by atoms with Crippen molar-refractivity contribution in [3.8, 4) is 11.4 Å². The third kappa shape index (κ3) is 5.62. The smallest absolute Gasteiger partial charge is 0.201 e. The Morgan fingerprint density at radius 2 is 1.97 bits per heavy atom. The Labute approximate surface area is 222 Å². The Bertz CT molecular complexity index is 1310. The number of fused-ring (bicyclic) bond motifs is 1. The van der Waals surface area contributed by atoms with Gasteiger partial charge in [-0.3, -0.25) is 4.99 Å². The summed E-state index contributed by atoms with van der Waals surface area (Å²) in [5.74, 6) is 3.00. The average Bonchev–Trinajstić information content (AvgIpc) is 3.54. The van der Waals surface area contributed by atoms with Gasteiger partial charge in [-0.2, -0.15) is 0 Å². The Kier molecular flexibility index (Phi) is 7.70. The van der Waals surface area contributed by atoms with Crippen molar-refractivity contribution in [2.45, 2.75) is 31.2 Å². The first-order chi connectivity index (χ1) is 18.2.